The summed E-state index contributed by atoms with van der Waals surface area (Å²) in [5.74, 6) is 0.189. The van der Waals surface area contributed by atoms with Crippen molar-refractivity contribution < 1.29 is 17.9 Å². The Labute approximate surface area is 130 Å². The van der Waals surface area contributed by atoms with Crippen molar-refractivity contribution in [2.75, 3.05) is 27.2 Å². The smallest absolute Gasteiger partial charge is 0.279 e. The maximum atomic E-state index is 11.5. The molecule has 0 bridgehead atoms. The van der Waals surface area contributed by atoms with Crippen LogP contribution in [-0.4, -0.2) is 52.1 Å². The van der Waals surface area contributed by atoms with Crippen molar-refractivity contribution in [1.29, 1.82) is 0 Å². The van der Waals surface area contributed by atoms with E-state index in [2.05, 4.69) is 15.2 Å². The van der Waals surface area contributed by atoms with E-state index < -0.39 is 16.1 Å². The molecule has 0 aliphatic carbocycles. The molecule has 0 radical (unpaired) electrons. The van der Waals surface area contributed by atoms with Gasteiger partial charge in [-0.1, -0.05) is 0 Å². The highest BCUT2D eigenvalue weighted by atomic mass is 32.2. The molecule has 1 aromatic carbocycles. The summed E-state index contributed by atoms with van der Waals surface area (Å²) >= 11 is 0. The number of benzene rings is 1. The van der Waals surface area contributed by atoms with E-state index in [0.29, 0.717) is 6.61 Å². The second kappa shape index (κ2) is 8.47. The second-order valence-electron chi connectivity index (χ2n) is 4.40. The van der Waals surface area contributed by atoms with Gasteiger partial charge in [0, 0.05) is 14.1 Å². The molecule has 1 amide bonds. The first-order chi connectivity index (χ1) is 10.3. The van der Waals surface area contributed by atoms with Crippen molar-refractivity contribution in [2.45, 2.75) is 6.92 Å². The zero-order valence-corrected chi connectivity index (χ0v) is 13.6. The van der Waals surface area contributed by atoms with Crippen LogP contribution in [0.5, 0.6) is 5.75 Å². The molecule has 0 spiro atoms. The molecule has 0 aliphatic heterocycles. The van der Waals surface area contributed by atoms with Crippen molar-refractivity contribution in [3.8, 4) is 5.75 Å². The van der Waals surface area contributed by atoms with Gasteiger partial charge in [-0.3, -0.25) is 4.79 Å². The highest BCUT2D eigenvalue weighted by Gasteiger charge is 2.13. The average molecular weight is 328 g/mol. The van der Waals surface area contributed by atoms with E-state index in [4.69, 9.17) is 4.74 Å². The maximum absolute atomic E-state index is 11.5. The number of amides is 1. The minimum absolute atomic E-state index is 0.388. The summed E-state index contributed by atoms with van der Waals surface area (Å²) in [7, 11) is -0.893. The Morgan fingerprint density at radius 2 is 1.95 bits per heavy atom. The van der Waals surface area contributed by atoms with E-state index in [1.54, 1.807) is 24.3 Å². The molecular weight excluding hydrogens is 308 g/mol. The minimum atomic E-state index is -3.62. The van der Waals surface area contributed by atoms with Crippen LogP contribution in [0.3, 0.4) is 0 Å². The molecule has 0 aliphatic rings. The van der Waals surface area contributed by atoms with Gasteiger partial charge in [0.1, 0.15) is 5.75 Å². The van der Waals surface area contributed by atoms with Crippen molar-refractivity contribution in [1.82, 2.24) is 14.5 Å². The number of rotatable bonds is 8. The summed E-state index contributed by atoms with van der Waals surface area (Å²) in [6, 6.07) is 7.15. The fraction of sp³-hybridized carbons (Fsp3) is 0.385. The minimum Gasteiger partial charge on any atom is -0.494 e. The summed E-state index contributed by atoms with van der Waals surface area (Å²) in [5.41, 5.74) is 3.01. The van der Waals surface area contributed by atoms with E-state index in [1.807, 2.05) is 6.92 Å². The summed E-state index contributed by atoms with van der Waals surface area (Å²) < 4.78 is 31.2. The fourth-order valence-electron chi connectivity index (χ4n) is 1.32. The number of carbonyl (C=O) groups is 1. The van der Waals surface area contributed by atoms with Gasteiger partial charge in [0.05, 0.1) is 19.4 Å². The molecular formula is C13H20N4O4S. The Bertz CT molecular complexity index is 611. The number of ether oxygens (including phenoxy) is 1. The Morgan fingerprint density at radius 3 is 2.50 bits per heavy atom. The third-order valence-corrected chi connectivity index (χ3v) is 3.96. The zero-order valence-electron chi connectivity index (χ0n) is 12.7. The second-order valence-corrected chi connectivity index (χ2v) is 6.37. The monoisotopic (exact) mass is 328 g/mol. The van der Waals surface area contributed by atoms with Crippen LogP contribution in [0, 0.1) is 0 Å². The first kappa shape index (κ1) is 18.1. The van der Waals surface area contributed by atoms with Gasteiger partial charge in [0.25, 0.3) is 16.1 Å². The fourth-order valence-corrected chi connectivity index (χ4v) is 1.89. The molecule has 8 nitrogen and oxygen atoms in total. The summed E-state index contributed by atoms with van der Waals surface area (Å²) in [6.07, 6.45) is 1.45. The summed E-state index contributed by atoms with van der Waals surface area (Å²) in [6.45, 7) is 2.10. The van der Waals surface area contributed by atoms with Gasteiger partial charge in [-0.25, -0.2) is 5.43 Å². The molecule has 0 unspecified atom stereocenters. The van der Waals surface area contributed by atoms with Crippen LogP contribution in [0.25, 0.3) is 0 Å². The SMILES string of the molecule is CCOc1ccc(/C=N\NC(=O)CNS(=O)(=O)N(C)C)cc1. The van der Waals surface area contributed by atoms with E-state index in [1.165, 1.54) is 20.3 Å². The topological polar surface area (TPSA) is 100 Å². The van der Waals surface area contributed by atoms with Crippen molar-refractivity contribution >= 4 is 22.3 Å². The quantitative estimate of drug-likeness (QED) is 0.515. The van der Waals surface area contributed by atoms with Crippen molar-refractivity contribution in [3.63, 3.8) is 0 Å². The molecule has 1 aromatic rings. The van der Waals surface area contributed by atoms with Gasteiger partial charge in [-0.05, 0) is 36.8 Å². The molecule has 1 rings (SSSR count). The Morgan fingerprint density at radius 1 is 1.32 bits per heavy atom. The van der Waals surface area contributed by atoms with E-state index in [0.717, 1.165) is 15.6 Å². The van der Waals surface area contributed by atoms with Gasteiger partial charge >= 0.3 is 0 Å². The Kier molecular flexibility index (Phi) is 6.96. The van der Waals surface area contributed by atoms with Crippen LogP contribution in [0.1, 0.15) is 12.5 Å². The lowest BCUT2D eigenvalue weighted by Crippen LogP contribution is -2.41. The third kappa shape index (κ3) is 6.20. The molecule has 122 valence electrons. The molecule has 2 N–H and O–H groups in total. The highest BCUT2D eigenvalue weighted by molar-refractivity contribution is 7.87. The Hall–Kier alpha value is -1.97. The van der Waals surface area contributed by atoms with Gasteiger partial charge in [-0.15, -0.1) is 0 Å². The van der Waals surface area contributed by atoms with Crippen LogP contribution < -0.4 is 14.9 Å². The number of hydrazone groups is 1. The molecule has 0 fully saturated rings. The Balaban J connectivity index is 2.43. The molecule has 0 heterocycles. The van der Waals surface area contributed by atoms with E-state index in [-0.39, 0.29) is 6.54 Å². The molecule has 0 atom stereocenters. The van der Waals surface area contributed by atoms with Gasteiger partial charge in [-0.2, -0.15) is 22.5 Å². The predicted molar refractivity (Wildman–Crippen MR) is 84.0 cm³/mol. The maximum Gasteiger partial charge on any atom is 0.279 e. The third-order valence-electron chi connectivity index (χ3n) is 2.49. The van der Waals surface area contributed by atoms with Crippen molar-refractivity contribution in [2.24, 2.45) is 5.10 Å². The summed E-state index contributed by atoms with van der Waals surface area (Å²) in [4.78, 5) is 11.5. The molecule has 0 saturated carbocycles. The average Bonchev–Trinajstić information content (AvgIpc) is 2.47. The standard InChI is InChI=1S/C13H20N4O4S/c1-4-21-12-7-5-11(6-8-12)9-14-16-13(18)10-15-22(19,20)17(2)3/h5-9,15H,4,10H2,1-3H3,(H,16,18)/b14-9-. The van der Waals surface area contributed by atoms with Gasteiger partial charge in [0.2, 0.25) is 0 Å². The van der Waals surface area contributed by atoms with Crippen molar-refractivity contribution in [3.05, 3.63) is 29.8 Å². The lowest BCUT2D eigenvalue weighted by atomic mass is 10.2. The van der Waals surface area contributed by atoms with Crippen LogP contribution in [-0.2, 0) is 15.0 Å². The van der Waals surface area contributed by atoms with Crippen LogP contribution in [0.4, 0.5) is 0 Å². The normalized spacial score (nSPS) is 11.8. The number of carbonyl (C=O) groups excluding carboxylic acids is 1. The largest absolute Gasteiger partial charge is 0.494 e. The highest BCUT2D eigenvalue weighted by Crippen LogP contribution is 2.10. The number of nitrogens with zero attached hydrogens (tertiary/aromatic N) is 2. The molecule has 9 heteroatoms. The number of hydrogen-bond donors (Lipinski definition) is 2. The van der Waals surface area contributed by atoms with E-state index in [9.17, 15) is 13.2 Å². The first-order valence-electron chi connectivity index (χ1n) is 6.57. The zero-order chi connectivity index (χ0) is 16.6. The van der Waals surface area contributed by atoms with Crippen LogP contribution in [0.15, 0.2) is 29.4 Å². The molecule has 0 aromatic heterocycles. The van der Waals surface area contributed by atoms with Crippen LogP contribution >= 0.6 is 0 Å². The number of hydrogen-bond acceptors (Lipinski definition) is 5. The summed E-state index contributed by atoms with van der Waals surface area (Å²) in [5, 5.41) is 3.75. The number of nitrogens with one attached hydrogen (secondary N) is 2. The lowest BCUT2D eigenvalue weighted by molar-refractivity contribution is -0.119. The molecule has 0 saturated heterocycles. The molecule has 22 heavy (non-hydrogen) atoms. The van der Waals surface area contributed by atoms with Gasteiger partial charge < -0.3 is 4.74 Å². The van der Waals surface area contributed by atoms with E-state index >= 15 is 0 Å². The predicted octanol–water partition coefficient (Wildman–Crippen LogP) is -0.0686. The van der Waals surface area contributed by atoms with Gasteiger partial charge in [0.15, 0.2) is 0 Å². The van der Waals surface area contributed by atoms with Crippen LogP contribution in [0.2, 0.25) is 0 Å². The lowest BCUT2D eigenvalue weighted by Gasteiger charge is -2.11. The first-order valence-corrected chi connectivity index (χ1v) is 8.01.